The molecule has 1 aromatic heterocycles. The fourth-order valence-electron chi connectivity index (χ4n) is 2.08. The van der Waals surface area contributed by atoms with Crippen LogP contribution >= 0.6 is 0 Å². The van der Waals surface area contributed by atoms with Crippen molar-refractivity contribution in [1.29, 1.82) is 0 Å². The minimum atomic E-state index is -0.0197. The molecule has 0 aliphatic rings. The Kier molecular flexibility index (Phi) is 5.73. The molecule has 1 heterocycles. The van der Waals surface area contributed by atoms with E-state index >= 15 is 0 Å². The molecule has 112 valence electrons. The maximum absolute atomic E-state index is 11.9. The maximum Gasteiger partial charge on any atom is 0.239 e. The molecule has 0 aliphatic carbocycles. The number of nitrogen functional groups attached to an aromatic ring is 1. The normalized spacial score (nSPS) is 10.9. The number of nitrogens with two attached hydrogens (primary N) is 1. The van der Waals surface area contributed by atoms with Crippen LogP contribution in [-0.2, 0) is 4.79 Å². The van der Waals surface area contributed by atoms with E-state index in [0.717, 1.165) is 11.4 Å². The molecule has 1 amide bonds. The maximum atomic E-state index is 11.9. The van der Waals surface area contributed by atoms with Gasteiger partial charge in [-0.1, -0.05) is 13.8 Å². The first kappa shape index (κ1) is 16.2. The van der Waals surface area contributed by atoms with E-state index in [-0.39, 0.29) is 24.4 Å². The summed E-state index contributed by atoms with van der Waals surface area (Å²) in [7, 11) is 0. The average Bonchev–Trinajstić information content (AvgIpc) is 2.34. The Bertz CT molecular complexity index is 459. The van der Waals surface area contributed by atoms with Crippen LogP contribution in [-0.4, -0.2) is 35.0 Å². The Morgan fingerprint density at radius 2 is 2.00 bits per heavy atom. The molecule has 0 atom stereocenters. The summed E-state index contributed by atoms with van der Waals surface area (Å²) in [6, 6.07) is 0.126. The highest BCUT2D eigenvalue weighted by molar-refractivity contribution is 5.81. The predicted octanol–water partition coefficient (Wildman–Crippen LogP) is 1.53. The monoisotopic (exact) mass is 279 g/mol. The molecular weight excluding hydrogens is 254 g/mol. The Hall–Kier alpha value is -1.85. The molecule has 20 heavy (non-hydrogen) atoms. The second kappa shape index (κ2) is 7.07. The van der Waals surface area contributed by atoms with Gasteiger partial charge in [0.2, 0.25) is 5.91 Å². The number of carbonyl (C=O) groups is 1. The van der Waals surface area contributed by atoms with E-state index < -0.39 is 0 Å². The van der Waals surface area contributed by atoms with Crippen molar-refractivity contribution in [3.8, 4) is 0 Å². The summed E-state index contributed by atoms with van der Waals surface area (Å²) in [5, 5.41) is 2.89. The topological polar surface area (TPSA) is 84.1 Å². The molecule has 0 aromatic carbocycles. The number of carbonyl (C=O) groups excluding carboxylic acids is 1. The number of hydrogen-bond donors (Lipinski definition) is 2. The molecule has 0 spiro atoms. The highest BCUT2D eigenvalue weighted by atomic mass is 16.2. The first-order chi connectivity index (χ1) is 9.36. The van der Waals surface area contributed by atoms with Crippen LogP contribution in [0.3, 0.4) is 0 Å². The summed E-state index contributed by atoms with van der Waals surface area (Å²) in [5.74, 6) is 1.41. The van der Waals surface area contributed by atoms with Gasteiger partial charge in [0, 0.05) is 18.2 Å². The van der Waals surface area contributed by atoms with Crippen molar-refractivity contribution in [3.05, 3.63) is 11.9 Å². The van der Waals surface area contributed by atoms with Crippen LogP contribution < -0.4 is 16.0 Å². The lowest BCUT2D eigenvalue weighted by atomic mass is 10.0. The number of nitrogens with one attached hydrogen (secondary N) is 1. The molecule has 0 radical (unpaired) electrons. The van der Waals surface area contributed by atoms with Crippen molar-refractivity contribution in [3.63, 3.8) is 0 Å². The smallest absolute Gasteiger partial charge is 0.239 e. The van der Waals surface area contributed by atoms with Crippen LogP contribution in [0.1, 0.15) is 46.1 Å². The number of nitrogens with zero attached hydrogens (tertiary/aromatic N) is 3. The summed E-state index contributed by atoms with van der Waals surface area (Å²) in [4.78, 5) is 22.2. The molecule has 1 rings (SSSR count). The zero-order valence-electron chi connectivity index (χ0n) is 13.0. The lowest BCUT2D eigenvalue weighted by Crippen LogP contribution is -2.40. The average molecular weight is 279 g/mol. The minimum absolute atomic E-state index is 0.0197. The van der Waals surface area contributed by atoms with Crippen LogP contribution in [0.15, 0.2) is 6.33 Å². The fourth-order valence-corrected chi connectivity index (χ4v) is 2.08. The molecule has 0 saturated carbocycles. The molecule has 3 N–H and O–H groups in total. The molecule has 6 nitrogen and oxygen atoms in total. The first-order valence-corrected chi connectivity index (χ1v) is 7.01. The molecule has 0 fully saturated rings. The van der Waals surface area contributed by atoms with Crippen LogP contribution in [0, 0.1) is 0 Å². The molecule has 0 unspecified atom stereocenters. The number of likely N-dealkylation sites (N-methyl/N-ethyl adjacent to an activating group) is 1. The number of amides is 1. The van der Waals surface area contributed by atoms with Gasteiger partial charge in [0.05, 0.1) is 6.54 Å². The predicted molar refractivity (Wildman–Crippen MR) is 81.7 cm³/mol. The summed E-state index contributed by atoms with van der Waals surface area (Å²) in [6.07, 6.45) is 1.44. The minimum Gasteiger partial charge on any atom is -0.383 e. The van der Waals surface area contributed by atoms with Crippen molar-refractivity contribution in [2.75, 3.05) is 23.7 Å². The zero-order chi connectivity index (χ0) is 15.3. The fraction of sp³-hybridized carbons (Fsp3) is 0.643. The Morgan fingerprint density at radius 1 is 1.35 bits per heavy atom. The van der Waals surface area contributed by atoms with E-state index in [1.165, 1.54) is 6.33 Å². The number of aromatic nitrogens is 2. The summed E-state index contributed by atoms with van der Waals surface area (Å²) in [6.45, 7) is 10.9. The van der Waals surface area contributed by atoms with E-state index in [0.29, 0.717) is 12.4 Å². The van der Waals surface area contributed by atoms with Gasteiger partial charge >= 0.3 is 0 Å². The standard InChI is InChI=1S/C14H25N5O/c1-6-19(7-11(20)18-10(4)5)14-12(9(2)3)13(15)16-8-17-14/h8-10H,6-7H2,1-5H3,(H,18,20)(H2,15,16,17). The van der Waals surface area contributed by atoms with Gasteiger partial charge in [0.1, 0.15) is 18.0 Å². The van der Waals surface area contributed by atoms with Crippen LogP contribution in [0.5, 0.6) is 0 Å². The van der Waals surface area contributed by atoms with Gasteiger partial charge in [-0.3, -0.25) is 4.79 Å². The van der Waals surface area contributed by atoms with Crippen LogP contribution in [0.2, 0.25) is 0 Å². The highest BCUT2D eigenvalue weighted by Crippen LogP contribution is 2.28. The molecule has 1 aromatic rings. The van der Waals surface area contributed by atoms with Gasteiger partial charge in [-0.25, -0.2) is 9.97 Å². The summed E-state index contributed by atoms with van der Waals surface area (Å²) >= 11 is 0. The van der Waals surface area contributed by atoms with E-state index in [4.69, 9.17) is 5.73 Å². The highest BCUT2D eigenvalue weighted by Gasteiger charge is 2.19. The third-order valence-corrected chi connectivity index (χ3v) is 2.94. The van der Waals surface area contributed by atoms with Crippen molar-refractivity contribution < 1.29 is 4.79 Å². The van der Waals surface area contributed by atoms with Gasteiger partial charge in [0.25, 0.3) is 0 Å². The molecule has 0 saturated heterocycles. The number of hydrogen-bond acceptors (Lipinski definition) is 5. The molecular formula is C14H25N5O. The van der Waals surface area contributed by atoms with Gasteiger partial charge in [-0.2, -0.15) is 0 Å². The van der Waals surface area contributed by atoms with Crippen molar-refractivity contribution in [2.45, 2.75) is 46.6 Å². The quantitative estimate of drug-likeness (QED) is 0.825. The third kappa shape index (κ3) is 4.08. The zero-order valence-corrected chi connectivity index (χ0v) is 13.0. The second-order valence-corrected chi connectivity index (χ2v) is 5.39. The lowest BCUT2D eigenvalue weighted by Gasteiger charge is -2.25. The molecule has 0 aliphatic heterocycles. The van der Waals surface area contributed by atoms with Crippen LogP contribution in [0.4, 0.5) is 11.6 Å². The lowest BCUT2D eigenvalue weighted by molar-refractivity contribution is -0.120. The van der Waals surface area contributed by atoms with Crippen molar-refractivity contribution >= 4 is 17.5 Å². The SMILES string of the molecule is CCN(CC(=O)NC(C)C)c1ncnc(N)c1C(C)C. The second-order valence-electron chi connectivity index (χ2n) is 5.39. The van der Waals surface area contributed by atoms with Gasteiger partial charge < -0.3 is 16.0 Å². The van der Waals surface area contributed by atoms with E-state index in [1.54, 1.807) is 0 Å². The Labute approximate surface area is 120 Å². The van der Waals surface area contributed by atoms with Gasteiger partial charge in [0.15, 0.2) is 0 Å². The van der Waals surface area contributed by atoms with Gasteiger partial charge in [-0.15, -0.1) is 0 Å². The Morgan fingerprint density at radius 3 is 2.50 bits per heavy atom. The Balaban J connectivity index is 3.01. The van der Waals surface area contributed by atoms with Crippen molar-refractivity contribution in [2.24, 2.45) is 0 Å². The van der Waals surface area contributed by atoms with Crippen LogP contribution in [0.25, 0.3) is 0 Å². The first-order valence-electron chi connectivity index (χ1n) is 7.01. The molecule has 0 bridgehead atoms. The van der Waals surface area contributed by atoms with Gasteiger partial charge in [-0.05, 0) is 26.7 Å². The van der Waals surface area contributed by atoms with E-state index in [2.05, 4.69) is 15.3 Å². The summed E-state index contributed by atoms with van der Waals surface area (Å²) < 4.78 is 0. The largest absolute Gasteiger partial charge is 0.383 e. The third-order valence-electron chi connectivity index (χ3n) is 2.94. The number of rotatable bonds is 6. The number of anilines is 2. The molecule has 6 heteroatoms. The van der Waals surface area contributed by atoms with E-state index in [9.17, 15) is 4.79 Å². The van der Waals surface area contributed by atoms with Crippen molar-refractivity contribution in [1.82, 2.24) is 15.3 Å². The summed E-state index contributed by atoms with van der Waals surface area (Å²) in [5.41, 5.74) is 6.84. The van der Waals surface area contributed by atoms with E-state index in [1.807, 2.05) is 39.5 Å².